The van der Waals surface area contributed by atoms with Crippen molar-refractivity contribution in [2.24, 2.45) is 5.73 Å². The predicted octanol–water partition coefficient (Wildman–Crippen LogP) is 2.49. The first kappa shape index (κ1) is 12.2. The van der Waals surface area contributed by atoms with E-state index in [0.29, 0.717) is 0 Å². The number of fused-ring (bicyclic) bond motifs is 1. The van der Waals surface area contributed by atoms with Crippen LogP contribution in [-0.2, 0) is 4.79 Å². The average molecular weight is 258 g/mol. The van der Waals surface area contributed by atoms with Crippen LogP contribution in [-0.4, -0.2) is 11.4 Å². The van der Waals surface area contributed by atoms with Crippen LogP contribution in [0, 0.1) is 0 Å². The van der Waals surface area contributed by atoms with Crippen LogP contribution in [0.15, 0.2) is 34.7 Å². The van der Waals surface area contributed by atoms with Crippen LogP contribution in [0.25, 0.3) is 11.0 Å². The van der Waals surface area contributed by atoms with Crippen molar-refractivity contribution in [3.8, 4) is 0 Å². The molecule has 0 bridgehead atoms. The number of nitrogens with two attached hydrogens (primary N) is 1. The highest BCUT2D eigenvalue weighted by Gasteiger charge is 2.40. The molecule has 4 heteroatoms. The number of para-hydroxylation sites is 1. The molecule has 1 aliphatic carbocycles. The van der Waals surface area contributed by atoms with E-state index >= 15 is 0 Å². The number of hydrogen-bond donors (Lipinski definition) is 2. The van der Waals surface area contributed by atoms with E-state index in [1.807, 2.05) is 37.3 Å². The summed E-state index contributed by atoms with van der Waals surface area (Å²) in [6.07, 6.45) is 2.57. The van der Waals surface area contributed by atoms with Gasteiger partial charge in [-0.2, -0.15) is 0 Å². The minimum Gasteiger partial charge on any atom is -0.459 e. The maximum Gasteiger partial charge on any atom is 0.240 e. The first-order valence-electron chi connectivity index (χ1n) is 6.67. The second-order valence-electron chi connectivity index (χ2n) is 5.39. The van der Waals surface area contributed by atoms with Crippen molar-refractivity contribution in [1.29, 1.82) is 0 Å². The van der Waals surface area contributed by atoms with Gasteiger partial charge in [0.05, 0.1) is 11.6 Å². The van der Waals surface area contributed by atoms with Gasteiger partial charge in [-0.05, 0) is 38.3 Å². The van der Waals surface area contributed by atoms with Gasteiger partial charge in [-0.15, -0.1) is 0 Å². The molecule has 1 atom stereocenters. The second kappa shape index (κ2) is 4.38. The van der Waals surface area contributed by atoms with Crippen molar-refractivity contribution in [3.05, 3.63) is 36.1 Å². The lowest BCUT2D eigenvalue weighted by molar-refractivity contribution is -0.130. The van der Waals surface area contributed by atoms with E-state index in [-0.39, 0.29) is 11.9 Å². The van der Waals surface area contributed by atoms with E-state index < -0.39 is 5.54 Å². The number of hydrogen-bond acceptors (Lipinski definition) is 3. The molecule has 0 radical (unpaired) electrons. The maximum absolute atomic E-state index is 12.1. The molecule has 1 fully saturated rings. The Morgan fingerprint density at radius 3 is 2.79 bits per heavy atom. The van der Waals surface area contributed by atoms with Gasteiger partial charge in [-0.3, -0.25) is 4.79 Å². The number of carbonyl (C=O) groups excluding carboxylic acids is 1. The molecule has 0 saturated heterocycles. The zero-order chi connectivity index (χ0) is 13.5. The summed E-state index contributed by atoms with van der Waals surface area (Å²) in [5.74, 6) is 0.684. The fourth-order valence-electron chi connectivity index (χ4n) is 2.41. The first-order valence-corrected chi connectivity index (χ1v) is 6.67. The fourth-order valence-corrected chi connectivity index (χ4v) is 2.41. The van der Waals surface area contributed by atoms with Crippen molar-refractivity contribution in [2.75, 3.05) is 0 Å². The minimum absolute atomic E-state index is 0.0771. The minimum atomic E-state index is -0.666. The normalized spacial score (nSPS) is 18.8. The largest absolute Gasteiger partial charge is 0.459 e. The van der Waals surface area contributed by atoms with E-state index in [2.05, 4.69) is 5.32 Å². The Bertz CT molecular complexity index is 580. The van der Waals surface area contributed by atoms with Crippen molar-refractivity contribution >= 4 is 16.9 Å². The highest BCUT2D eigenvalue weighted by atomic mass is 16.3. The van der Waals surface area contributed by atoms with Gasteiger partial charge in [0.15, 0.2) is 0 Å². The van der Waals surface area contributed by atoms with Crippen molar-refractivity contribution < 1.29 is 9.21 Å². The fraction of sp³-hybridized carbons (Fsp3) is 0.400. The van der Waals surface area contributed by atoms with Crippen molar-refractivity contribution in [2.45, 2.75) is 37.8 Å². The molecule has 1 aromatic carbocycles. The Morgan fingerprint density at radius 2 is 2.16 bits per heavy atom. The molecule has 2 aromatic rings. The van der Waals surface area contributed by atoms with Gasteiger partial charge in [0, 0.05) is 5.39 Å². The Labute approximate surface area is 112 Å². The third-order valence-electron chi connectivity index (χ3n) is 3.92. The Kier molecular flexibility index (Phi) is 2.82. The highest BCUT2D eigenvalue weighted by molar-refractivity contribution is 5.87. The lowest BCUT2D eigenvalue weighted by Crippen LogP contribution is -2.58. The molecular formula is C15H18N2O2. The predicted molar refractivity (Wildman–Crippen MR) is 73.5 cm³/mol. The number of rotatable bonds is 3. The number of furan rings is 1. The van der Waals surface area contributed by atoms with Gasteiger partial charge in [-0.1, -0.05) is 18.2 Å². The third kappa shape index (κ3) is 2.12. The molecule has 1 heterocycles. The summed E-state index contributed by atoms with van der Waals surface area (Å²) in [6.45, 7) is 1.91. The molecule has 0 aliphatic heterocycles. The lowest BCUT2D eigenvalue weighted by Gasteiger charge is -2.36. The quantitative estimate of drug-likeness (QED) is 0.888. The monoisotopic (exact) mass is 258 g/mol. The first-order chi connectivity index (χ1) is 9.08. The van der Waals surface area contributed by atoms with Crippen LogP contribution in [0.4, 0.5) is 0 Å². The van der Waals surface area contributed by atoms with Gasteiger partial charge < -0.3 is 15.5 Å². The number of carbonyl (C=O) groups is 1. The van der Waals surface area contributed by atoms with Crippen LogP contribution in [0.2, 0.25) is 0 Å². The summed E-state index contributed by atoms with van der Waals surface area (Å²) in [5, 5.41) is 3.99. The summed E-state index contributed by atoms with van der Waals surface area (Å²) in [4.78, 5) is 12.1. The molecule has 0 spiro atoms. The second-order valence-corrected chi connectivity index (χ2v) is 5.39. The molecular weight excluding hydrogens is 240 g/mol. The van der Waals surface area contributed by atoms with E-state index in [1.165, 1.54) is 0 Å². The topological polar surface area (TPSA) is 68.3 Å². The van der Waals surface area contributed by atoms with Crippen LogP contribution in [0.3, 0.4) is 0 Å². The Morgan fingerprint density at radius 1 is 1.42 bits per heavy atom. The van der Waals surface area contributed by atoms with Crippen molar-refractivity contribution in [3.63, 3.8) is 0 Å². The summed E-state index contributed by atoms with van der Waals surface area (Å²) in [5.41, 5.74) is 6.18. The summed E-state index contributed by atoms with van der Waals surface area (Å²) in [7, 11) is 0. The molecule has 3 rings (SSSR count). The standard InChI is InChI=1S/C15H18N2O2/c1-10(17-14(18)15(16)7-4-8-15)13-9-11-5-2-3-6-12(11)19-13/h2-3,5-6,9-10H,4,7-8,16H2,1H3,(H,17,18). The summed E-state index contributed by atoms with van der Waals surface area (Å²) in [6, 6.07) is 9.61. The number of benzene rings is 1. The average Bonchev–Trinajstić information content (AvgIpc) is 2.79. The lowest BCUT2D eigenvalue weighted by atomic mass is 9.77. The molecule has 1 amide bonds. The van der Waals surface area contributed by atoms with Gasteiger partial charge in [0.1, 0.15) is 11.3 Å². The van der Waals surface area contributed by atoms with Crippen molar-refractivity contribution in [1.82, 2.24) is 5.32 Å². The molecule has 1 aliphatic rings. The van der Waals surface area contributed by atoms with Crippen LogP contribution in [0.5, 0.6) is 0 Å². The Hall–Kier alpha value is -1.81. The van der Waals surface area contributed by atoms with Gasteiger partial charge in [-0.25, -0.2) is 0 Å². The summed E-state index contributed by atoms with van der Waals surface area (Å²) < 4.78 is 5.74. The molecule has 1 saturated carbocycles. The van der Waals surface area contributed by atoms with Crippen LogP contribution in [0.1, 0.15) is 38.0 Å². The highest BCUT2D eigenvalue weighted by Crippen LogP contribution is 2.30. The third-order valence-corrected chi connectivity index (χ3v) is 3.92. The maximum atomic E-state index is 12.1. The van der Waals surface area contributed by atoms with Gasteiger partial charge in [0.25, 0.3) is 0 Å². The zero-order valence-electron chi connectivity index (χ0n) is 11.0. The molecule has 3 N–H and O–H groups in total. The Balaban J connectivity index is 1.76. The van der Waals surface area contributed by atoms with E-state index in [9.17, 15) is 4.79 Å². The van der Waals surface area contributed by atoms with Gasteiger partial charge in [0.2, 0.25) is 5.91 Å². The van der Waals surface area contributed by atoms with Gasteiger partial charge >= 0.3 is 0 Å². The summed E-state index contributed by atoms with van der Waals surface area (Å²) >= 11 is 0. The molecule has 1 aromatic heterocycles. The van der Waals surface area contributed by atoms with Crippen LogP contribution >= 0.6 is 0 Å². The number of nitrogens with one attached hydrogen (secondary N) is 1. The molecule has 100 valence electrons. The van der Waals surface area contributed by atoms with Crippen LogP contribution < -0.4 is 11.1 Å². The molecule has 4 nitrogen and oxygen atoms in total. The SMILES string of the molecule is CC(NC(=O)C1(N)CCC1)c1cc2ccccc2o1. The van der Waals surface area contributed by atoms with E-state index in [1.54, 1.807) is 0 Å². The number of amides is 1. The van der Waals surface area contributed by atoms with E-state index in [0.717, 1.165) is 36.0 Å². The molecule has 19 heavy (non-hydrogen) atoms. The van der Waals surface area contributed by atoms with E-state index in [4.69, 9.17) is 10.2 Å². The molecule has 1 unspecified atom stereocenters. The zero-order valence-corrected chi connectivity index (χ0v) is 11.0. The smallest absolute Gasteiger partial charge is 0.240 e.